The van der Waals surface area contributed by atoms with Crippen LogP contribution in [0.15, 0.2) is 0 Å². The summed E-state index contributed by atoms with van der Waals surface area (Å²) in [7, 11) is 0. The van der Waals surface area contributed by atoms with Crippen molar-refractivity contribution in [2.24, 2.45) is 11.5 Å². The Kier molecular flexibility index (Phi) is 5.60. The van der Waals surface area contributed by atoms with Crippen LogP contribution in [0.3, 0.4) is 0 Å². The summed E-state index contributed by atoms with van der Waals surface area (Å²) in [6.45, 7) is 4.18. The standard InChI is InChI=1S/C10H22N4O/c11-3-1-4-13-5-2-6-14-8-9(12)7-10(14)15/h9,13H,1-8,11-12H2. The van der Waals surface area contributed by atoms with Gasteiger partial charge in [-0.3, -0.25) is 4.79 Å². The zero-order valence-electron chi connectivity index (χ0n) is 9.24. The fourth-order valence-corrected chi connectivity index (χ4v) is 1.77. The van der Waals surface area contributed by atoms with Gasteiger partial charge in [0.1, 0.15) is 0 Å². The number of amides is 1. The predicted molar refractivity (Wildman–Crippen MR) is 60.3 cm³/mol. The summed E-state index contributed by atoms with van der Waals surface area (Å²) < 4.78 is 0. The van der Waals surface area contributed by atoms with E-state index in [2.05, 4.69) is 5.32 Å². The van der Waals surface area contributed by atoms with Gasteiger partial charge in [-0.1, -0.05) is 0 Å². The third kappa shape index (κ3) is 4.59. The van der Waals surface area contributed by atoms with Crippen LogP contribution in [0, 0.1) is 0 Å². The van der Waals surface area contributed by atoms with E-state index in [1.54, 1.807) is 0 Å². The second kappa shape index (κ2) is 6.76. The molecule has 88 valence electrons. The second-order valence-corrected chi connectivity index (χ2v) is 4.05. The molecule has 15 heavy (non-hydrogen) atoms. The molecule has 1 saturated heterocycles. The average Bonchev–Trinajstić information content (AvgIpc) is 2.51. The number of nitrogens with two attached hydrogens (primary N) is 2. The van der Waals surface area contributed by atoms with E-state index in [0.717, 1.165) is 45.6 Å². The van der Waals surface area contributed by atoms with Gasteiger partial charge in [0.15, 0.2) is 0 Å². The fourth-order valence-electron chi connectivity index (χ4n) is 1.77. The van der Waals surface area contributed by atoms with E-state index in [4.69, 9.17) is 11.5 Å². The lowest BCUT2D eigenvalue weighted by Crippen LogP contribution is -2.31. The van der Waals surface area contributed by atoms with Gasteiger partial charge in [0, 0.05) is 25.6 Å². The Morgan fingerprint density at radius 3 is 2.73 bits per heavy atom. The number of hydrogen-bond acceptors (Lipinski definition) is 4. The molecule has 5 N–H and O–H groups in total. The first-order valence-corrected chi connectivity index (χ1v) is 5.68. The molecule has 1 atom stereocenters. The maximum atomic E-state index is 11.4. The van der Waals surface area contributed by atoms with Crippen molar-refractivity contribution < 1.29 is 4.79 Å². The zero-order valence-corrected chi connectivity index (χ0v) is 9.24. The van der Waals surface area contributed by atoms with Crippen LogP contribution in [0.25, 0.3) is 0 Å². The predicted octanol–water partition coefficient (Wildman–Crippen LogP) is -1.13. The molecule has 5 heteroatoms. The number of likely N-dealkylation sites (tertiary alicyclic amines) is 1. The van der Waals surface area contributed by atoms with Crippen LogP contribution in [-0.2, 0) is 4.79 Å². The first-order chi connectivity index (χ1) is 7.24. The normalized spacial score (nSPS) is 21.3. The van der Waals surface area contributed by atoms with E-state index in [9.17, 15) is 4.79 Å². The molecular weight excluding hydrogens is 192 g/mol. The number of carbonyl (C=O) groups is 1. The van der Waals surface area contributed by atoms with E-state index in [1.165, 1.54) is 0 Å². The van der Waals surface area contributed by atoms with Gasteiger partial charge in [-0.05, 0) is 32.5 Å². The van der Waals surface area contributed by atoms with Gasteiger partial charge >= 0.3 is 0 Å². The summed E-state index contributed by atoms with van der Waals surface area (Å²) in [5.74, 6) is 0.199. The highest BCUT2D eigenvalue weighted by molar-refractivity contribution is 5.79. The molecule has 1 amide bonds. The van der Waals surface area contributed by atoms with Crippen LogP contribution in [-0.4, -0.2) is 49.6 Å². The third-order valence-corrected chi connectivity index (χ3v) is 2.58. The minimum Gasteiger partial charge on any atom is -0.341 e. The van der Waals surface area contributed by atoms with Crippen LogP contribution in [0.1, 0.15) is 19.3 Å². The van der Waals surface area contributed by atoms with Crippen molar-refractivity contribution in [2.45, 2.75) is 25.3 Å². The van der Waals surface area contributed by atoms with Crippen LogP contribution < -0.4 is 16.8 Å². The van der Waals surface area contributed by atoms with Gasteiger partial charge in [-0.15, -0.1) is 0 Å². The van der Waals surface area contributed by atoms with Gasteiger partial charge in [0.05, 0.1) is 0 Å². The molecule has 0 aliphatic carbocycles. The summed E-state index contributed by atoms with van der Waals surface area (Å²) >= 11 is 0. The highest BCUT2D eigenvalue weighted by Crippen LogP contribution is 2.08. The SMILES string of the molecule is NCCCNCCCN1CC(N)CC1=O. The Hall–Kier alpha value is -0.650. The molecular formula is C10H22N4O. The minimum absolute atomic E-state index is 0.0442. The molecule has 1 fully saturated rings. The average molecular weight is 214 g/mol. The molecule has 0 saturated carbocycles. The first kappa shape index (κ1) is 12.4. The van der Waals surface area contributed by atoms with Gasteiger partial charge < -0.3 is 21.7 Å². The number of hydrogen-bond donors (Lipinski definition) is 3. The fraction of sp³-hybridized carbons (Fsp3) is 0.900. The zero-order chi connectivity index (χ0) is 11.1. The third-order valence-electron chi connectivity index (χ3n) is 2.58. The van der Waals surface area contributed by atoms with E-state index >= 15 is 0 Å². The monoisotopic (exact) mass is 214 g/mol. The van der Waals surface area contributed by atoms with Crippen LogP contribution in [0.4, 0.5) is 0 Å². The molecule has 1 heterocycles. The summed E-state index contributed by atoms with van der Waals surface area (Å²) in [5.41, 5.74) is 11.1. The molecule has 0 spiro atoms. The van der Waals surface area contributed by atoms with E-state index in [0.29, 0.717) is 6.42 Å². The van der Waals surface area contributed by atoms with E-state index in [-0.39, 0.29) is 11.9 Å². The molecule has 0 bridgehead atoms. The lowest BCUT2D eigenvalue weighted by Gasteiger charge is -2.15. The van der Waals surface area contributed by atoms with E-state index in [1.807, 2.05) is 4.90 Å². The summed E-state index contributed by atoms with van der Waals surface area (Å²) in [6.07, 6.45) is 2.51. The quantitative estimate of drug-likeness (QED) is 0.468. The van der Waals surface area contributed by atoms with Crippen molar-refractivity contribution in [1.82, 2.24) is 10.2 Å². The van der Waals surface area contributed by atoms with Gasteiger partial charge in [0.2, 0.25) is 5.91 Å². The molecule has 1 aliphatic rings. The Morgan fingerprint density at radius 2 is 2.13 bits per heavy atom. The lowest BCUT2D eigenvalue weighted by atomic mass is 10.3. The molecule has 5 nitrogen and oxygen atoms in total. The van der Waals surface area contributed by atoms with Crippen molar-refractivity contribution in [3.8, 4) is 0 Å². The van der Waals surface area contributed by atoms with Crippen molar-refractivity contribution in [3.63, 3.8) is 0 Å². The summed E-state index contributed by atoms with van der Waals surface area (Å²) in [5, 5.41) is 3.29. The maximum Gasteiger partial charge on any atom is 0.224 e. The van der Waals surface area contributed by atoms with Crippen molar-refractivity contribution in [1.29, 1.82) is 0 Å². The molecule has 0 radical (unpaired) electrons. The molecule has 1 aliphatic heterocycles. The Bertz CT molecular complexity index is 198. The van der Waals surface area contributed by atoms with Crippen molar-refractivity contribution >= 4 is 5.91 Å². The van der Waals surface area contributed by atoms with Crippen LogP contribution in [0.2, 0.25) is 0 Å². The molecule has 0 aromatic rings. The van der Waals surface area contributed by atoms with Gasteiger partial charge in [0.25, 0.3) is 0 Å². The largest absolute Gasteiger partial charge is 0.341 e. The maximum absolute atomic E-state index is 11.4. The smallest absolute Gasteiger partial charge is 0.224 e. The molecule has 1 rings (SSSR count). The minimum atomic E-state index is 0.0442. The Labute approximate surface area is 91.2 Å². The number of carbonyl (C=O) groups excluding carboxylic acids is 1. The summed E-state index contributed by atoms with van der Waals surface area (Å²) in [6, 6.07) is 0.0442. The van der Waals surface area contributed by atoms with Crippen molar-refractivity contribution in [2.75, 3.05) is 32.7 Å². The second-order valence-electron chi connectivity index (χ2n) is 4.05. The van der Waals surface area contributed by atoms with Gasteiger partial charge in [-0.2, -0.15) is 0 Å². The molecule has 0 aromatic heterocycles. The van der Waals surface area contributed by atoms with Crippen LogP contribution in [0.5, 0.6) is 0 Å². The number of rotatable bonds is 7. The Morgan fingerprint density at radius 1 is 1.40 bits per heavy atom. The Balaban J connectivity index is 1.98. The lowest BCUT2D eigenvalue weighted by molar-refractivity contribution is -0.127. The number of nitrogens with zero attached hydrogens (tertiary/aromatic N) is 1. The highest BCUT2D eigenvalue weighted by atomic mass is 16.2. The van der Waals surface area contributed by atoms with Crippen molar-refractivity contribution in [3.05, 3.63) is 0 Å². The molecule has 1 unspecified atom stereocenters. The van der Waals surface area contributed by atoms with Gasteiger partial charge in [-0.25, -0.2) is 0 Å². The summed E-state index contributed by atoms with van der Waals surface area (Å²) in [4.78, 5) is 13.2. The first-order valence-electron chi connectivity index (χ1n) is 5.68. The molecule has 0 aromatic carbocycles. The van der Waals surface area contributed by atoms with Crippen LogP contribution >= 0.6 is 0 Å². The highest BCUT2D eigenvalue weighted by Gasteiger charge is 2.25. The topological polar surface area (TPSA) is 84.4 Å². The van der Waals surface area contributed by atoms with E-state index < -0.39 is 0 Å². The number of nitrogens with one attached hydrogen (secondary N) is 1.